The van der Waals surface area contributed by atoms with Crippen LogP contribution in [0.4, 0.5) is 10.1 Å². The van der Waals surface area contributed by atoms with Crippen LogP contribution < -0.4 is 14.9 Å². The van der Waals surface area contributed by atoms with Crippen molar-refractivity contribution < 1.29 is 22.0 Å². The summed E-state index contributed by atoms with van der Waals surface area (Å²) in [5.74, 6) is -1.10. The van der Waals surface area contributed by atoms with Crippen LogP contribution in [0.1, 0.15) is 36.0 Å². The lowest BCUT2D eigenvalue weighted by Crippen LogP contribution is -2.46. The average molecular weight is 439 g/mol. The Kier molecular flexibility index (Phi) is 6.79. The first-order chi connectivity index (χ1) is 14.2. The molecule has 0 spiro atoms. The molecule has 164 valence electrons. The number of rotatable bonds is 7. The van der Waals surface area contributed by atoms with Gasteiger partial charge in [-0.25, -0.2) is 17.5 Å². The fraction of sp³-hybridized carbons (Fsp3) is 0.450. The van der Waals surface area contributed by atoms with Gasteiger partial charge in [0.15, 0.2) is 5.76 Å². The van der Waals surface area contributed by atoms with Crippen molar-refractivity contribution in [2.45, 2.75) is 25.0 Å². The molecule has 0 saturated carbocycles. The second-order valence-corrected chi connectivity index (χ2v) is 8.96. The maximum Gasteiger partial charge on any atom is 0.287 e. The Bertz CT molecular complexity index is 1000. The van der Waals surface area contributed by atoms with E-state index in [-0.39, 0.29) is 16.7 Å². The number of sulfonamides is 1. The van der Waals surface area contributed by atoms with Crippen LogP contribution in [0, 0.1) is 5.82 Å². The molecule has 1 aromatic heterocycles. The molecule has 0 radical (unpaired) electrons. The predicted molar refractivity (Wildman–Crippen MR) is 112 cm³/mol. The van der Waals surface area contributed by atoms with Crippen LogP contribution in [0.15, 0.2) is 39.8 Å². The van der Waals surface area contributed by atoms with E-state index < -0.39 is 22.0 Å². The second kappa shape index (κ2) is 9.15. The van der Waals surface area contributed by atoms with Crippen molar-refractivity contribution in [3.63, 3.8) is 0 Å². The minimum atomic E-state index is -3.78. The molecule has 3 rings (SSSR count). The zero-order valence-corrected chi connectivity index (χ0v) is 18.1. The van der Waals surface area contributed by atoms with Crippen molar-refractivity contribution in [2.75, 3.05) is 44.7 Å². The van der Waals surface area contributed by atoms with Crippen molar-refractivity contribution in [3.8, 4) is 0 Å². The Labute approximate surface area is 176 Å². The third-order valence-corrected chi connectivity index (χ3v) is 6.59. The summed E-state index contributed by atoms with van der Waals surface area (Å²) in [5, 5.41) is 2.43. The van der Waals surface area contributed by atoms with E-state index >= 15 is 0 Å². The summed E-state index contributed by atoms with van der Waals surface area (Å²) in [7, 11) is -2.53. The Morgan fingerprint density at radius 2 is 1.90 bits per heavy atom. The number of anilines is 1. The van der Waals surface area contributed by atoms with Crippen LogP contribution in [0.2, 0.25) is 0 Å². The molecule has 1 fully saturated rings. The van der Waals surface area contributed by atoms with Crippen LogP contribution in [0.3, 0.4) is 0 Å². The maximum absolute atomic E-state index is 14.0. The van der Waals surface area contributed by atoms with Gasteiger partial charge in [-0.05, 0) is 50.8 Å². The lowest BCUT2D eigenvalue weighted by Gasteiger charge is -2.37. The summed E-state index contributed by atoms with van der Waals surface area (Å²) in [6.45, 7) is 8.34. The smallest absolute Gasteiger partial charge is 0.287 e. The van der Waals surface area contributed by atoms with Crippen molar-refractivity contribution in [1.82, 2.24) is 14.9 Å². The minimum absolute atomic E-state index is 0.134. The molecular formula is C20H27FN4O4S. The van der Waals surface area contributed by atoms with Gasteiger partial charge in [0, 0.05) is 37.4 Å². The number of carbonyl (C=O) groups is 1. The van der Waals surface area contributed by atoms with E-state index in [1.165, 1.54) is 31.3 Å². The molecule has 0 bridgehead atoms. The zero-order valence-electron chi connectivity index (χ0n) is 17.3. The van der Waals surface area contributed by atoms with E-state index in [2.05, 4.69) is 26.8 Å². The molecule has 1 aliphatic heterocycles. The summed E-state index contributed by atoms with van der Waals surface area (Å²) >= 11 is 0. The van der Waals surface area contributed by atoms with E-state index in [4.69, 9.17) is 4.42 Å². The fourth-order valence-corrected chi connectivity index (χ4v) is 4.15. The number of amides is 1. The molecule has 1 saturated heterocycles. The standard InChI is InChI=1S/C20H27FN4O4S/c1-4-24-9-11-25(12-10-24)17-6-5-15(21)13-16(17)14(2)23-20(26)18-7-8-19(29-18)30(27,28)22-3/h5-8,13-14,22H,4,9-12H2,1-3H3,(H,23,26). The van der Waals surface area contributed by atoms with Gasteiger partial charge in [-0.15, -0.1) is 0 Å². The van der Waals surface area contributed by atoms with Crippen molar-refractivity contribution in [2.24, 2.45) is 0 Å². The van der Waals surface area contributed by atoms with Crippen LogP contribution >= 0.6 is 0 Å². The summed E-state index contributed by atoms with van der Waals surface area (Å²) < 4.78 is 44.9. The Hall–Kier alpha value is -2.43. The number of likely N-dealkylation sites (N-methyl/N-ethyl adjacent to an activating group) is 1. The third-order valence-electron chi connectivity index (χ3n) is 5.30. The molecule has 1 aromatic carbocycles. The van der Waals surface area contributed by atoms with Gasteiger partial charge < -0.3 is 19.5 Å². The van der Waals surface area contributed by atoms with Crippen LogP contribution in [-0.2, 0) is 10.0 Å². The van der Waals surface area contributed by atoms with Crippen LogP contribution in [-0.4, -0.2) is 59.0 Å². The molecule has 1 aliphatic rings. The van der Waals surface area contributed by atoms with Crippen molar-refractivity contribution in [3.05, 3.63) is 47.5 Å². The monoisotopic (exact) mass is 438 g/mol. The largest absolute Gasteiger partial charge is 0.438 e. The van der Waals surface area contributed by atoms with Gasteiger partial charge in [-0.3, -0.25) is 4.79 Å². The van der Waals surface area contributed by atoms with E-state index in [0.29, 0.717) is 5.56 Å². The molecule has 1 atom stereocenters. The van der Waals surface area contributed by atoms with E-state index in [1.807, 2.05) is 0 Å². The molecular weight excluding hydrogens is 411 g/mol. The first-order valence-electron chi connectivity index (χ1n) is 9.86. The number of furan rings is 1. The molecule has 1 unspecified atom stereocenters. The van der Waals surface area contributed by atoms with Crippen molar-refractivity contribution >= 4 is 21.6 Å². The van der Waals surface area contributed by atoms with Crippen LogP contribution in [0.5, 0.6) is 0 Å². The summed E-state index contributed by atoms with van der Waals surface area (Å²) in [6.07, 6.45) is 0. The highest BCUT2D eigenvalue weighted by atomic mass is 32.2. The molecule has 2 heterocycles. The normalized spacial score (nSPS) is 16.5. The molecule has 2 N–H and O–H groups in total. The first kappa shape index (κ1) is 22.3. The summed E-state index contributed by atoms with van der Waals surface area (Å²) in [4.78, 5) is 17.1. The minimum Gasteiger partial charge on any atom is -0.438 e. The van der Waals surface area contributed by atoms with Gasteiger partial charge in [-0.1, -0.05) is 6.92 Å². The highest BCUT2D eigenvalue weighted by molar-refractivity contribution is 7.89. The number of nitrogens with zero attached hydrogens (tertiary/aromatic N) is 2. The Morgan fingerprint density at radius 3 is 2.53 bits per heavy atom. The summed E-state index contributed by atoms with van der Waals surface area (Å²) in [6, 6.07) is 6.57. The number of hydrogen-bond acceptors (Lipinski definition) is 6. The average Bonchev–Trinajstić information content (AvgIpc) is 3.25. The van der Waals surface area contributed by atoms with Gasteiger partial charge in [-0.2, -0.15) is 0 Å². The van der Waals surface area contributed by atoms with E-state index in [1.54, 1.807) is 13.0 Å². The highest BCUT2D eigenvalue weighted by Crippen LogP contribution is 2.29. The fourth-order valence-electron chi connectivity index (χ4n) is 3.50. The van der Waals surface area contributed by atoms with E-state index in [0.717, 1.165) is 38.4 Å². The molecule has 30 heavy (non-hydrogen) atoms. The lowest BCUT2D eigenvalue weighted by atomic mass is 10.0. The van der Waals surface area contributed by atoms with Gasteiger partial charge in [0.05, 0.1) is 6.04 Å². The molecule has 8 nitrogen and oxygen atoms in total. The number of benzene rings is 1. The number of piperazine rings is 1. The number of nitrogens with one attached hydrogen (secondary N) is 2. The topological polar surface area (TPSA) is 94.9 Å². The number of hydrogen-bond donors (Lipinski definition) is 2. The van der Waals surface area contributed by atoms with Gasteiger partial charge >= 0.3 is 0 Å². The molecule has 0 aliphatic carbocycles. The number of halogens is 1. The van der Waals surface area contributed by atoms with Gasteiger partial charge in [0.25, 0.3) is 15.9 Å². The van der Waals surface area contributed by atoms with E-state index in [9.17, 15) is 17.6 Å². The quantitative estimate of drug-likeness (QED) is 0.686. The summed E-state index contributed by atoms with van der Waals surface area (Å²) in [5.41, 5.74) is 1.53. The number of carbonyl (C=O) groups excluding carboxylic acids is 1. The SMILES string of the molecule is CCN1CCN(c2ccc(F)cc2C(C)NC(=O)c2ccc(S(=O)(=O)NC)o2)CC1. The highest BCUT2D eigenvalue weighted by Gasteiger charge is 2.24. The third kappa shape index (κ3) is 4.82. The maximum atomic E-state index is 14.0. The Morgan fingerprint density at radius 1 is 1.20 bits per heavy atom. The van der Waals surface area contributed by atoms with Crippen LogP contribution in [0.25, 0.3) is 0 Å². The molecule has 2 aromatic rings. The Balaban J connectivity index is 1.77. The second-order valence-electron chi connectivity index (χ2n) is 7.15. The lowest BCUT2D eigenvalue weighted by molar-refractivity contribution is 0.0906. The predicted octanol–water partition coefficient (Wildman–Crippen LogP) is 1.96. The van der Waals surface area contributed by atoms with Gasteiger partial charge in [0.1, 0.15) is 5.82 Å². The van der Waals surface area contributed by atoms with Crippen molar-refractivity contribution in [1.29, 1.82) is 0 Å². The zero-order chi connectivity index (χ0) is 21.9. The first-order valence-corrected chi connectivity index (χ1v) is 11.3. The molecule has 10 heteroatoms. The molecule has 1 amide bonds. The van der Waals surface area contributed by atoms with Gasteiger partial charge in [0.2, 0.25) is 5.09 Å².